The highest BCUT2D eigenvalue weighted by Gasteiger charge is 2.26. The topological polar surface area (TPSA) is 157 Å². The minimum Gasteiger partial charge on any atom is -0.265 e. The van der Waals surface area contributed by atoms with Crippen molar-refractivity contribution in [2.24, 2.45) is 10.2 Å². The van der Waals surface area contributed by atoms with Crippen LogP contribution in [0.5, 0.6) is 0 Å². The molecule has 3 aromatic carbocycles. The summed E-state index contributed by atoms with van der Waals surface area (Å²) >= 11 is 0. The Kier molecular flexibility index (Phi) is 7.27. The van der Waals surface area contributed by atoms with Gasteiger partial charge in [0.05, 0.1) is 23.0 Å². The largest absolute Gasteiger partial charge is 0.294 e. The molecule has 0 radical (unpaired) electrons. The molecule has 2 amide bonds. The van der Waals surface area contributed by atoms with E-state index in [2.05, 4.69) is 31.4 Å². The minimum absolute atomic E-state index is 0.148. The molecule has 0 aliphatic carbocycles. The number of hydrogen-bond acceptors (Lipinski definition) is 8. The van der Waals surface area contributed by atoms with Gasteiger partial charge in [-0.25, -0.2) is 15.5 Å². The van der Waals surface area contributed by atoms with Crippen molar-refractivity contribution in [1.29, 1.82) is 0 Å². The van der Waals surface area contributed by atoms with E-state index in [0.29, 0.717) is 0 Å². The molecule has 2 N–H and O–H groups in total. The van der Waals surface area contributed by atoms with Crippen LogP contribution < -0.4 is 10.9 Å². The summed E-state index contributed by atoms with van der Waals surface area (Å²) < 4.78 is 1.09. The Morgan fingerprint density at radius 1 is 0.806 bits per heavy atom. The standard InChI is InChI=1S/C24H18N8O4/c33-23(28-25-15-17-7-3-1-4-8-17)21-22(24(34)29-26-16-18-9-5-2-6-10-18)31(30-27-21)19-11-13-20(14-12-19)32(35)36/h1-16H,(H,28,33)(H,29,34)/b25-15-,26-16-. The van der Waals surface area contributed by atoms with Gasteiger partial charge in [0, 0.05) is 12.1 Å². The molecule has 0 saturated carbocycles. The smallest absolute Gasteiger partial charge is 0.265 e. The molecule has 178 valence electrons. The molecule has 1 aromatic heterocycles. The van der Waals surface area contributed by atoms with E-state index in [1.807, 2.05) is 36.4 Å². The second-order valence-electron chi connectivity index (χ2n) is 7.19. The normalized spacial score (nSPS) is 11.0. The lowest BCUT2D eigenvalue weighted by atomic mass is 10.2. The average Bonchev–Trinajstić information content (AvgIpc) is 3.35. The first kappa shape index (κ1) is 23.6. The number of hydrogen-bond donors (Lipinski definition) is 2. The van der Waals surface area contributed by atoms with Gasteiger partial charge in [0.1, 0.15) is 0 Å². The third-order valence-electron chi connectivity index (χ3n) is 4.76. The Morgan fingerprint density at radius 3 is 1.86 bits per heavy atom. The van der Waals surface area contributed by atoms with Crippen LogP contribution in [0.15, 0.2) is 95.1 Å². The summed E-state index contributed by atoms with van der Waals surface area (Å²) in [6.07, 6.45) is 2.87. The van der Waals surface area contributed by atoms with Gasteiger partial charge in [0.25, 0.3) is 17.5 Å². The third kappa shape index (κ3) is 5.69. The molecule has 4 rings (SSSR count). The van der Waals surface area contributed by atoms with Gasteiger partial charge in [-0.1, -0.05) is 65.9 Å². The van der Waals surface area contributed by atoms with E-state index in [0.717, 1.165) is 15.8 Å². The number of carbonyl (C=O) groups is 2. The number of amides is 2. The fourth-order valence-electron chi connectivity index (χ4n) is 3.05. The SMILES string of the molecule is O=C(N/N=C\c1ccccc1)c1nnn(-c2ccc([N+](=O)[O-])cc2)c1C(=O)N/N=C\c1ccccc1. The van der Waals surface area contributed by atoms with Crippen molar-refractivity contribution >= 4 is 29.9 Å². The number of nitrogens with zero attached hydrogens (tertiary/aromatic N) is 6. The van der Waals surface area contributed by atoms with Crippen molar-refractivity contribution in [1.82, 2.24) is 25.8 Å². The molecule has 0 aliphatic rings. The van der Waals surface area contributed by atoms with Crippen molar-refractivity contribution in [3.63, 3.8) is 0 Å². The van der Waals surface area contributed by atoms with E-state index in [1.165, 1.54) is 36.7 Å². The van der Waals surface area contributed by atoms with E-state index in [9.17, 15) is 19.7 Å². The molecule has 1 heterocycles. The lowest BCUT2D eigenvalue weighted by molar-refractivity contribution is -0.384. The summed E-state index contributed by atoms with van der Waals surface area (Å²) in [4.78, 5) is 36.3. The minimum atomic E-state index is -0.785. The number of carbonyl (C=O) groups excluding carboxylic acids is 2. The van der Waals surface area contributed by atoms with Crippen molar-refractivity contribution in [2.75, 3.05) is 0 Å². The van der Waals surface area contributed by atoms with Crippen LogP contribution in [0.1, 0.15) is 32.1 Å². The quantitative estimate of drug-likeness (QED) is 0.223. The van der Waals surface area contributed by atoms with Crippen LogP contribution in [0.3, 0.4) is 0 Å². The van der Waals surface area contributed by atoms with Gasteiger partial charge in [0.15, 0.2) is 11.4 Å². The van der Waals surface area contributed by atoms with Crippen LogP contribution in [0, 0.1) is 10.1 Å². The number of aromatic nitrogens is 3. The van der Waals surface area contributed by atoms with Crippen LogP contribution in [-0.4, -0.2) is 44.2 Å². The van der Waals surface area contributed by atoms with Gasteiger partial charge >= 0.3 is 0 Å². The van der Waals surface area contributed by atoms with E-state index in [-0.39, 0.29) is 22.8 Å². The predicted octanol–water partition coefficient (Wildman–Crippen LogP) is 2.70. The molecule has 12 heteroatoms. The number of hydrazone groups is 2. The molecular weight excluding hydrogens is 464 g/mol. The highest BCUT2D eigenvalue weighted by Crippen LogP contribution is 2.18. The molecule has 0 bridgehead atoms. The van der Waals surface area contributed by atoms with E-state index < -0.39 is 16.7 Å². The monoisotopic (exact) mass is 482 g/mol. The van der Waals surface area contributed by atoms with Crippen molar-refractivity contribution in [3.8, 4) is 5.69 Å². The fourth-order valence-corrected chi connectivity index (χ4v) is 3.05. The molecule has 36 heavy (non-hydrogen) atoms. The second-order valence-corrected chi connectivity index (χ2v) is 7.19. The van der Waals surface area contributed by atoms with Gasteiger partial charge in [-0.15, -0.1) is 5.10 Å². The van der Waals surface area contributed by atoms with E-state index >= 15 is 0 Å². The Balaban J connectivity index is 1.62. The molecule has 0 unspecified atom stereocenters. The molecule has 4 aromatic rings. The van der Waals surface area contributed by atoms with Crippen LogP contribution in [0.2, 0.25) is 0 Å². The van der Waals surface area contributed by atoms with Crippen molar-refractivity contribution in [2.45, 2.75) is 0 Å². The summed E-state index contributed by atoms with van der Waals surface area (Å²) in [5.74, 6) is -1.56. The summed E-state index contributed by atoms with van der Waals surface area (Å²) in [5, 5.41) is 26.6. The molecule has 0 aliphatic heterocycles. The lowest BCUT2D eigenvalue weighted by Gasteiger charge is -2.06. The zero-order valence-corrected chi connectivity index (χ0v) is 18.6. The highest BCUT2D eigenvalue weighted by molar-refractivity contribution is 6.05. The summed E-state index contributed by atoms with van der Waals surface area (Å²) in [6, 6.07) is 23.4. The second kappa shape index (κ2) is 11.1. The Hall–Kier alpha value is -5.52. The lowest BCUT2D eigenvalue weighted by Crippen LogP contribution is -2.27. The van der Waals surface area contributed by atoms with Gasteiger partial charge in [-0.2, -0.15) is 10.2 Å². The number of rotatable bonds is 8. The number of nitro groups is 1. The maximum absolute atomic E-state index is 13.0. The number of benzene rings is 3. The first-order chi connectivity index (χ1) is 17.5. The highest BCUT2D eigenvalue weighted by atomic mass is 16.6. The maximum Gasteiger partial charge on any atom is 0.294 e. The molecular formula is C24H18N8O4. The molecule has 0 fully saturated rings. The summed E-state index contributed by atoms with van der Waals surface area (Å²) in [6.45, 7) is 0. The predicted molar refractivity (Wildman–Crippen MR) is 131 cm³/mol. The van der Waals surface area contributed by atoms with Gasteiger partial charge < -0.3 is 0 Å². The number of non-ortho nitro benzene ring substituents is 1. The summed E-state index contributed by atoms with van der Waals surface area (Å²) in [5.41, 5.74) is 5.75. The van der Waals surface area contributed by atoms with Crippen molar-refractivity contribution < 1.29 is 14.5 Å². The summed E-state index contributed by atoms with van der Waals surface area (Å²) in [7, 11) is 0. The maximum atomic E-state index is 13.0. The third-order valence-corrected chi connectivity index (χ3v) is 4.76. The van der Waals surface area contributed by atoms with Gasteiger partial charge in [-0.3, -0.25) is 19.7 Å². The Morgan fingerprint density at radius 2 is 1.33 bits per heavy atom. The van der Waals surface area contributed by atoms with Crippen molar-refractivity contribution in [3.05, 3.63) is 118 Å². The van der Waals surface area contributed by atoms with Crippen LogP contribution in [0.25, 0.3) is 5.69 Å². The van der Waals surface area contributed by atoms with Gasteiger partial charge in [-0.05, 0) is 23.3 Å². The Labute approximate surface area is 204 Å². The zero-order valence-electron chi connectivity index (χ0n) is 18.6. The van der Waals surface area contributed by atoms with Crippen LogP contribution in [0.4, 0.5) is 5.69 Å². The van der Waals surface area contributed by atoms with E-state index in [1.54, 1.807) is 24.3 Å². The fraction of sp³-hybridized carbons (Fsp3) is 0. The molecule has 12 nitrogen and oxygen atoms in total. The number of nitrogens with one attached hydrogen (secondary N) is 2. The van der Waals surface area contributed by atoms with E-state index in [4.69, 9.17) is 0 Å². The molecule has 0 spiro atoms. The first-order valence-electron chi connectivity index (χ1n) is 10.5. The molecule has 0 saturated heterocycles. The number of nitro benzene ring substituents is 1. The molecule has 0 atom stereocenters. The van der Waals surface area contributed by atoms with Crippen LogP contribution in [-0.2, 0) is 0 Å². The van der Waals surface area contributed by atoms with Crippen LogP contribution >= 0.6 is 0 Å². The first-order valence-corrected chi connectivity index (χ1v) is 10.5. The Bertz CT molecular complexity index is 1430. The van der Waals surface area contributed by atoms with Gasteiger partial charge in [0.2, 0.25) is 0 Å². The zero-order chi connectivity index (χ0) is 25.3. The average molecular weight is 482 g/mol.